The van der Waals surface area contributed by atoms with Crippen molar-refractivity contribution in [2.45, 2.75) is 20.4 Å². The minimum Gasteiger partial charge on any atom is -0.465 e. The molecule has 4 heteroatoms. The largest absolute Gasteiger partial charge is 0.465 e. The lowest BCUT2D eigenvalue weighted by Crippen LogP contribution is -2.04. The van der Waals surface area contributed by atoms with E-state index in [0.29, 0.717) is 5.56 Å². The molecule has 0 saturated heterocycles. The second-order valence-electron chi connectivity index (χ2n) is 2.45. The van der Waals surface area contributed by atoms with Crippen LogP contribution in [0.25, 0.3) is 0 Å². The topological polar surface area (TPSA) is 44.1 Å². The van der Waals surface area contributed by atoms with Crippen molar-refractivity contribution in [1.82, 2.24) is 9.78 Å². The summed E-state index contributed by atoms with van der Waals surface area (Å²) in [7, 11) is 1.37. The van der Waals surface area contributed by atoms with E-state index in [1.54, 1.807) is 4.68 Å². The fourth-order valence-electron chi connectivity index (χ4n) is 1.08. The van der Waals surface area contributed by atoms with Crippen molar-refractivity contribution in [2.24, 2.45) is 0 Å². The zero-order valence-electron chi connectivity index (χ0n) is 7.50. The number of ether oxygens (including phenoxy) is 1. The van der Waals surface area contributed by atoms with Gasteiger partial charge in [-0.25, -0.2) is 4.79 Å². The summed E-state index contributed by atoms with van der Waals surface area (Å²) in [6.07, 6.45) is 1.53. The van der Waals surface area contributed by atoms with Gasteiger partial charge < -0.3 is 4.74 Å². The number of nitrogens with zero attached hydrogens (tertiary/aromatic N) is 2. The SMILES string of the molecule is CCn1ncc(C(=O)OC)c1C. The van der Waals surface area contributed by atoms with E-state index in [0.717, 1.165) is 12.2 Å². The van der Waals surface area contributed by atoms with Crippen LogP contribution in [0.5, 0.6) is 0 Å². The molecule has 12 heavy (non-hydrogen) atoms. The van der Waals surface area contributed by atoms with E-state index in [2.05, 4.69) is 9.84 Å². The monoisotopic (exact) mass is 168 g/mol. The summed E-state index contributed by atoms with van der Waals surface area (Å²) in [5.41, 5.74) is 1.39. The third-order valence-corrected chi connectivity index (χ3v) is 1.81. The van der Waals surface area contributed by atoms with E-state index in [-0.39, 0.29) is 5.97 Å². The Balaban J connectivity index is 3.02. The van der Waals surface area contributed by atoms with Gasteiger partial charge in [-0.1, -0.05) is 0 Å². The molecule has 0 amide bonds. The first-order valence-corrected chi connectivity index (χ1v) is 3.81. The number of aryl methyl sites for hydroxylation is 1. The highest BCUT2D eigenvalue weighted by Crippen LogP contribution is 2.07. The number of carbonyl (C=O) groups is 1. The van der Waals surface area contributed by atoms with Crippen molar-refractivity contribution in [1.29, 1.82) is 0 Å². The maximum absolute atomic E-state index is 11.1. The Morgan fingerprint density at radius 3 is 2.83 bits per heavy atom. The number of rotatable bonds is 2. The molecule has 4 nitrogen and oxygen atoms in total. The van der Waals surface area contributed by atoms with Crippen LogP contribution in [0.2, 0.25) is 0 Å². The predicted octanol–water partition coefficient (Wildman–Crippen LogP) is 0.998. The molecule has 0 unspecified atom stereocenters. The Kier molecular flexibility index (Phi) is 2.47. The van der Waals surface area contributed by atoms with E-state index >= 15 is 0 Å². The molecule has 0 fully saturated rings. The molecule has 0 spiro atoms. The molecule has 0 aliphatic carbocycles. The average molecular weight is 168 g/mol. The van der Waals surface area contributed by atoms with Crippen LogP contribution in [-0.2, 0) is 11.3 Å². The predicted molar refractivity (Wildman–Crippen MR) is 44.0 cm³/mol. The van der Waals surface area contributed by atoms with E-state index in [1.807, 2.05) is 13.8 Å². The van der Waals surface area contributed by atoms with E-state index in [9.17, 15) is 4.79 Å². The van der Waals surface area contributed by atoms with Gasteiger partial charge in [0.15, 0.2) is 0 Å². The average Bonchev–Trinajstić information content (AvgIpc) is 2.45. The highest BCUT2D eigenvalue weighted by atomic mass is 16.5. The van der Waals surface area contributed by atoms with Crippen LogP contribution in [0.3, 0.4) is 0 Å². The second kappa shape index (κ2) is 3.38. The molecule has 66 valence electrons. The number of aromatic nitrogens is 2. The van der Waals surface area contributed by atoms with E-state index in [4.69, 9.17) is 0 Å². The molecule has 1 aromatic rings. The first-order valence-electron chi connectivity index (χ1n) is 3.81. The van der Waals surface area contributed by atoms with Gasteiger partial charge in [0.25, 0.3) is 0 Å². The van der Waals surface area contributed by atoms with Crippen LogP contribution in [0, 0.1) is 6.92 Å². The van der Waals surface area contributed by atoms with Crippen molar-refractivity contribution in [3.8, 4) is 0 Å². The van der Waals surface area contributed by atoms with Crippen LogP contribution in [0.1, 0.15) is 23.0 Å². The van der Waals surface area contributed by atoms with Gasteiger partial charge in [0, 0.05) is 12.2 Å². The molecule has 0 aliphatic rings. The lowest BCUT2D eigenvalue weighted by Gasteiger charge is -1.99. The van der Waals surface area contributed by atoms with Gasteiger partial charge >= 0.3 is 5.97 Å². The normalized spacial score (nSPS) is 9.92. The van der Waals surface area contributed by atoms with Crippen LogP contribution in [0.15, 0.2) is 6.20 Å². The molecule has 0 aliphatic heterocycles. The van der Waals surface area contributed by atoms with E-state index < -0.39 is 0 Å². The third-order valence-electron chi connectivity index (χ3n) is 1.81. The molecule has 1 rings (SSSR count). The number of hydrogen-bond donors (Lipinski definition) is 0. The minimum atomic E-state index is -0.327. The Hall–Kier alpha value is -1.32. The summed E-state index contributed by atoms with van der Waals surface area (Å²) in [4.78, 5) is 11.1. The Labute approximate surface area is 71.1 Å². The van der Waals surface area contributed by atoms with Gasteiger partial charge in [0.1, 0.15) is 5.56 Å². The number of esters is 1. The van der Waals surface area contributed by atoms with Crippen LogP contribution in [-0.4, -0.2) is 22.9 Å². The molecule has 1 aromatic heterocycles. The molecular weight excluding hydrogens is 156 g/mol. The molecule has 0 saturated carbocycles. The van der Waals surface area contributed by atoms with Crippen LogP contribution in [0.4, 0.5) is 0 Å². The minimum absolute atomic E-state index is 0.327. The summed E-state index contributed by atoms with van der Waals surface area (Å²) in [5.74, 6) is -0.327. The first kappa shape index (κ1) is 8.77. The molecule has 0 N–H and O–H groups in total. The quantitative estimate of drug-likeness (QED) is 0.619. The van der Waals surface area contributed by atoms with Crippen molar-refractivity contribution < 1.29 is 9.53 Å². The molecule has 0 atom stereocenters. The van der Waals surface area contributed by atoms with Gasteiger partial charge in [-0.2, -0.15) is 5.10 Å². The van der Waals surface area contributed by atoms with Crippen LogP contribution >= 0.6 is 0 Å². The Morgan fingerprint density at radius 1 is 1.75 bits per heavy atom. The van der Waals surface area contributed by atoms with Gasteiger partial charge in [-0.3, -0.25) is 4.68 Å². The fourth-order valence-corrected chi connectivity index (χ4v) is 1.08. The zero-order chi connectivity index (χ0) is 9.14. The Morgan fingerprint density at radius 2 is 2.42 bits per heavy atom. The lowest BCUT2D eigenvalue weighted by molar-refractivity contribution is 0.0600. The molecule has 1 heterocycles. The summed E-state index contributed by atoms with van der Waals surface area (Å²) < 4.78 is 6.34. The van der Waals surface area contributed by atoms with Crippen molar-refractivity contribution >= 4 is 5.97 Å². The molecule has 0 aromatic carbocycles. The fraction of sp³-hybridized carbons (Fsp3) is 0.500. The first-order chi connectivity index (χ1) is 5.70. The van der Waals surface area contributed by atoms with Gasteiger partial charge in [-0.05, 0) is 13.8 Å². The summed E-state index contributed by atoms with van der Waals surface area (Å²) in [6, 6.07) is 0. The molecular formula is C8H12N2O2. The van der Waals surface area contributed by atoms with E-state index in [1.165, 1.54) is 13.3 Å². The summed E-state index contributed by atoms with van der Waals surface area (Å²) in [5, 5.41) is 4.02. The van der Waals surface area contributed by atoms with Gasteiger partial charge in [0.05, 0.1) is 13.3 Å². The Bertz CT molecular complexity index is 291. The van der Waals surface area contributed by atoms with Gasteiger partial charge in [-0.15, -0.1) is 0 Å². The van der Waals surface area contributed by atoms with Crippen LogP contribution < -0.4 is 0 Å². The number of carbonyl (C=O) groups excluding carboxylic acids is 1. The van der Waals surface area contributed by atoms with Crippen molar-refractivity contribution in [3.05, 3.63) is 17.5 Å². The smallest absolute Gasteiger partial charge is 0.341 e. The third kappa shape index (κ3) is 1.32. The van der Waals surface area contributed by atoms with Gasteiger partial charge in [0.2, 0.25) is 0 Å². The lowest BCUT2D eigenvalue weighted by atomic mass is 10.3. The highest BCUT2D eigenvalue weighted by Gasteiger charge is 2.12. The van der Waals surface area contributed by atoms with Crippen molar-refractivity contribution in [2.75, 3.05) is 7.11 Å². The molecule has 0 radical (unpaired) electrons. The summed E-state index contributed by atoms with van der Waals surface area (Å²) in [6.45, 7) is 4.59. The number of hydrogen-bond acceptors (Lipinski definition) is 3. The highest BCUT2D eigenvalue weighted by molar-refractivity contribution is 5.90. The zero-order valence-corrected chi connectivity index (χ0v) is 7.50. The number of methoxy groups -OCH3 is 1. The standard InChI is InChI=1S/C8H12N2O2/c1-4-10-6(2)7(5-9-10)8(11)12-3/h5H,4H2,1-3H3. The molecule has 0 bridgehead atoms. The maximum atomic E-state index is 11.1. The maximum Gasteiger partial charge on any atom is 0.341 e. The second-order valence-corrected chi connectivity index (χ2v) is 2.45. The van der Waals surface area contributed by atoms with Crippen molar-refractivity contribution in [3.63, 3.8) is 0 Å². The summed E-state index contributed by atoms with van der Waals surface area (Å²) >= 11 is 0.